The molecule has 1 aliphatic rings. The zero-order valence-electron chi connectivity index (χ0n) is 20.5. The van der Waals surface area contributed by atoms with Gasteiger partial charge in [0.25, 0.3) is 5.91 Å². The largest absolute Gasteiger partial charge is 0.489 e. The van der Waals surface area contributed by atoms with E-state index in [1.165, 1.54) is 21.9 Å². The number of para-hydroxylation sites is 1. The van der Waals surface area contributed by atoms with Gasteiger partial charge in [-0.15, -0.1) is 0 Å². The monoisotopic (exact) mass is 464 g/mol. The van der Waals surface area contributed by atoms with E-state index in [-0.39, 0.29) is 24.0 Å². The van der Waals surface area contributed by atoms with Crippen molar-refractivity contribution in [2.75, 3.05) is 13.6 Å². The van der Waals surface area contributed by atoms with Crippen molar-refractivity contribution in [2.24, 2.45) is 0 Å². The van der Waals surface area contributed by atoms with Crippen LogP contribution in [0.3, 0.4) is 0 Å². The van der Waals surface area contributed by atoms with Gasteiger partial charge in [-0.3, -0.25) is 4.79 Å². The van der Waals surface area contributed by atoms with Crippen LogP contribution in [0.2, 0.25) is 0 Å². The SMILES string of the molecule is CNC(=O)c1cc([C@@H]2C[C@H](CNC(C)c3cccc4ccccc34)Oc3ccccc32)ccc1C. The van der Waals surface area contributed by atoms with Crippen LogP contribution in [-0.4, -0.2) is 25.6 Å². The van der Waals surface area contributed by atoms with Crippen LogP contribution in [-0.2, 0) is 0 Å². The van der Waals surface area contributed by atoms with Crippen LogP contribution in [0.15, 0.2) is 84.9 Å². The molecule has 5 rings (SSSR count). The van der Waals surface area contributed by atoms with E-state index in [1.54, 1.807) is 7.05 Å². The maximum Gasteiger partial charge on any atom is 0.251 e. The molecule has 3 atom stereocenters. The molecule has 0 fully saturated rings. The van der Waals surface area contributed by atoms with Crippen LogP contribution >= 0.6 is 0 Å². The second-order valence-electron chi connectivity index (χ2n) is 9.42. The molecule has 0 radical (unpaired) electrons. The fourth-order valence-electron chi connectivity index (χ4n) is 5.22. The van der Waals surface area contributed by atoms with Crippen molar-refractivity contribution in [1.82, 2.24) is 10.6 Å². The predicted molar refractivity (Wildman–Crippen MR) is 142 cm³/mol. The normalized spacial score (nSPS) is 17.9. The number of ether oxygens (including phenoxy) is 1. The topological polar surface area (TPSA) is 50.4 Å². The summed E-state index contributed by atoms with van der Waals surface area (Å²) in [5.74, 6) is 1.05. The number of carbonyl (C=O) groups excluding carboxylic acids is 1. The van der Waals surface area contributed by atoms with Crippen molar-refractivity contribution in [3.05, 3.63) is 113 Å². The van der Waals surface area contributed by atoms with Gasteiger partial charge in [0.2, 0.25) is 0 Å². The third-order valence-electron chi connectivity index (χ3n) is 7.16. The summed E-state index contributed by atoms with van der Waals surface area (Å²) < 4.78 is 6.44. The van der Waals surface area contributed by atoms with Crippen LogP contribution in [0.4, 0.5) is 0 Å². The smallest absolute Gasteiger partial charge is 0.251 e. The molecule has 0 aliphatic carbocycles. The molecule has 35 heavy (non-hydrogen) atoms. The molecule has 4 nitrogen and oxygen atoms in total. The van der Waals surface area contributed by atoms with E-state index in [9.17, 15) is 4.79 Å². The van der Waals surface area contributed by atoms with Gasteiger partial charge >= 0.3 is 0 Å². The van der Waals surface area contributed by atoms with E-state index in [1.807, 2.05) is 25.1 Å². The zero-order valence-corrected chi connectivity index (χ0v) is 20.5. The minimum absolute atomic E-state index is 0.0251. The molecular weight excluding hydrogens is 432 g/mol. The molecule has 0 spiro atoms. The lowest BCUT2D eigenvalue weighted by Gasteiger charge is -2.33. The Kier molecular flexibility index (Phi) is 6.56. The Balaban J connectivity index is 1.39. The highest BCUT2D eigenvalue weighted by Gasteiger charge is 2.30. The van der Waals surface area contributed by atoms with Gasteiger partial charge in [0.15, 0.2) is 0 Å². The number of aryl methyl sites for hydroxylation is 1. The quantitative estimate of drug-likeness (QED) is 0.360. The molecule has 0 saturated carbocycles. The molecule has 1 heterocycles. The van der Waals surface area contributed by atoms with Crippen molar-refractivity contribution >= 4 is 16.7 Å². The van der Waals surface area contributed by atoms with Gasteiger partial charge in [0.1, 0.15) is 11.9 Å². The van der Waals surface area contributed by atoms with Crippen LogP contribution in [0.5, 0.6) is 5.75 Å². The minimum atomic E-state index is -0.0492. The summed E-state index contributed by atoms with van der Waals surface area (Å²) in [7, 11) is 1.68. The van der Waals surface area contributed by atoms with E-state index in [0.29, 0.717) is 0 Å². The second-order valence-corrected chi connectivity index (χ2v) is 9.42. The molecule has 0 saturated heterocycles. The number of benzene rings is 4. The molecule has 0 aromatic heterocycles. The highest BCUT2D eigenvalue weighted by Crippen LogP contribution is 2.40. The number of fused-ring (bicyclic) bond motifs is 2. The first-order chi connectivity index (χ1) is 17.0. The van der Waals surface area contributed by atoms with Crippen molar-refractivity contribution in [3.8, 4) is 5.75 Å². The van der Waals surface area contributed by atoms with Crippen molar-refractivity contribution in [1.29, 1.82) is 0 Å². The molecule has 2 N–H and O–H groups in total. The third kappa shape index (κ3) is 4.67. The summed E-state index contributed by atoms with van der Waals surface area (Å²) in [5.41, 5.74) is 5.34. The first-order valence-corrected chi connectivity index (χ1v) is 12.3. The van der Waals surface area contributed by atoms with Crippen LogP contribution < -0.4 is 15.4 Å². The summed E-state index contributed by atoms with van der Waals surface area (Å²) >= 11 is 0. The predicted octanol–water partition coefficient (Wildman–Crippen LogP) is 6.14. The highest BCUT2D eigenvalue weighted by atomic mass is 16.5. The zero-order chi connectivity index (χ0) is 24.4. The molecular formula is C31H32N2O2. The first kappa shape index (κ1) is 23.1. The van der Waals surface area contributed by atoms with Gasteiger partial charge in [-0.2, -0.15) is 0 Å². The van der Waals surface area contributed by atoms with Gasteiger partial charge < -0.3 is 15.4 Å². The number of hydrogen-bond donors (Lipinski definition) is 2. The Morgan fingerprint density at radius 1 is 1.00 bits per heavy atom. The van der Waals surface area contributed by atoms with E-state index in [2.05, 4.69) is 84.3 Å². The third-order valence-corrected chi connectivity index (χ3v) is 7.16. The lowest BCUT2D eigenvalue weighted by Crippen LogP contribution is -2.37. The maximum absolute atomic E-state index is 12.4. The summed E-state index contributed by atoms with van der Waals surface area (Å²) in [6.07, 6.45) is 0.875. The number of carbonyl (C=O) groups is 1. The number of nitrogens with one attached hydrogen (secondary N) is 2. The number of amides is 1. The van der Waals surface area contributed by atoms with Crippen molar-refractivity contribution < 1.29 is 9.53 Å². The molecule has 4 aromatic rings. The average molecular weight is 465 g/mol. The Hall–Kier alpha value is -3.63. The second kappa shape index (κ2) is 9.93. The molecule has 178 valence electrons. The van der Waals surface area contributed by atoms with Crippen molar-refractivity contribution in [3.63, 3.8) is 0 Å². The van der Waals surface area contributed by atoms with E-state index >= 15 is 0 Å². The van der Waals surface area contributed by atoms with E-state index in [0.717, 1.165) is 35.4 Å². The number of hydrogen-bond acceptors (Lipinski definition) is 3. The van der Waals surface area contributed by atoms with Crippen LogP contribution in [0.25, 0.3) is 10.8 Å². The summed E-state index contributed by atoms with van der Waals surface area (Å²) in [6, 6.07) is 29.7. The molecule has 1 unspecified atom stereocenters. The van der Waals surface area contributed by atoms with E-state index in [4.69, 9.17) is 4.74 Å². The molecule has 4 heteroatoms. The molecule has 1 amide bonds. The van der Waals surface area contributed by atoms with Gasteiger partial charge in [-0.1, -0.05) is 72.8 Å². The molecule has 1 aliphatic heterocycles. The summed E-state index contributed by atoms with van der Waals surface area (Å²) in [5, 5.41) is 9.03. The Morgan fingerprint density at radius 3 is 2.63 bits per heavy atom. The lowest BCUT2D eigenvalue weighted by atomic mass is 9.83. The first-order valence-electron chi connectivity index (χ1n) is 12.3. The molecule has 0 bridgehead atoms. The van der Waals surface area contributed by atoms with Crippen LogP contribution in [0.1, 0.15) is 57.9 Å². The number of rotatable bonds is 6. The van der Waals surface area contributed by atoms with Gasteiger partial charge in [-0.25, -0.2) is 0 Å². The standard InChI is InChI=1S/C31H32N2O2/c1-20-15-16-23(17-28(20)31(34)32-3)29-18-24(35-30-14-7-6-12-27(29)30)19-33-21(2)25-13-8-10-22-9-4-5-11-26(22)25/h4-17,21,24,29,33H,18-19H2,1-3H3,(H,32,34)/t21?,24-,29+/m1/s1. The Bertz CT molecular complexity index is 1360. The summed E-state index contributed by atoms with van der Waals surface area (Å²) in [4.78, 5) is 12.4. The maximum atomic E-state index is 12.4. The minimum Gasteiger partial charge on any atom is -0.489 e. The van der Waals surface area contributed by atoms with Gasteiger partial charge in [0, 0.05) is 36.7 Å². The molecule has 4 aromatic carbocycles. The summed E-state index contributed by atoms with van der Waals surface area (Å²) in [6.45, 7) is 4.93. The fraction of sp³-hybridized carbons (Fsp3) is 0.258. The van der Waals surface area contributed by atoms with Gasteiger partial charge in [-0.05, 0) is 59.9 Å². The fourth-order valence-corrected chi connectivity index (χ4v) is 5.22. The highest BCUT2D eigenvalue weighted by molar-refractivity contribution is 5.95. The van der Waals surface area contributed by atoms with Gasteiger partial charge in [0.05, 0.1) is 0 Å². The van der Waals surface area contributed by atoms with E-state index < -0.39 is 0 Å². The Labute approximate surface area is 207 Å². The lowest BCUT2D eigenvalue weighted by molar-refractivity contribution is 0.0962. The van der Waals surface area contributed by atoms with Crippen LogP contribution in [0, 0.1) is 6.92 Å². The average Bonchev–Trinajstić information content (AvgIpc) is 2.90. The Morgan fingerprint density at radius 2 is 1.77 bits per heavy atom. The van der Waals surface area contributed by atoms with Crippen molar-refractivity contribution in [2.45, 2.75) is 38.3 Å².